The van der Waals surface area contributed by atoms with Crippen molar-refractivity contribution >= 4 is 12.3 Å². The molecule has 0 saturated heterocycles. The number of carbonyl (C=O) groups is 2. The summed E-state index contributed by atoms with van der Waals surface area (Å²) in [6.07, 6.45) is 1.51. The number of benzene rings is 1. The fraction of sp³-hybridized carbons (Fsp3) is 0.467. The van der Waals surface area contributed by atoms with Gasteiger partial charge in [0.2, 0.25) is 0 Å². The summed E-state index contributed by atoms with van der Waals surface area (Å²) in [6, 6.07) is 5.15. The Hall–Kier alpha value is -1.84. The summed E-state index contributed by atoms with van der Waals surface area (Å²) in [7, 11) is 0. The number of aryl methyl sites for hydroxylation is 1. The van der Waals surface area contributed by atoms with Gasteiger partial charge in [0, 0.05) is 5.56 Å². The lowest BCUT2D eigenvalue weighted by Gasteiger charge is -2.25. The number of aldehydes is 1. The minimum atomic E-state index is -1.05. The van der Waals surface area contributed by atoms with E-state index in [-0.39, 0.29) is 0 Å². The Labute approximate surface area is 113 Å². The van der Waals surface area contributed by atoms with Crippen molar-refractivity contribution in [3.05, 3.63) is 29.3 Å². The van der Waals surface area contributed by atoms with E-state index in [2.05, 4.69) is 0 Å². The number of rotatable bonds is 6. The van der Waals surface area contributed by atoms with Gasteiger partial charge in [0.05, 0.1) is 6.61 Å². The zero-order valence-corrected chi connectivity index (χ0v) is 11.9. The van der Waals surface area contributed by atoms with Crippen LogP contribution in [0.15, 0.2) is 18.2 Å². The lowest BCUT2D eigenvalue weighted by atomic mass is 10.1. The molecule has 0 aromatic heterocycles. The number of hydrogen-bond donors (Lipinski definition) is 0. The second-order valence-electron chi connectivity index (χ2n) is 4.67. The van der Waals surface area contributed by atoms with Crippen LogP contribution < -0.4 is 4.74 Å². The molecule has 4 heteroatoms. The van der Waals surface area contributed by atoms with Crippen LogP contribution in [0, 0.1) is 0 Å². The molecule has 0 fully saturated rings. The third-order valence-electron chi connectivity index (χ3n) is 2.73. The summed E-state index contributed by atoms with van der Waals surface area (Å²) in [6.45, 7) is 7.37. The monoisotopic (exact) mass is 264 g/mol. The molecular formula is C15H20O4. The first-order valence-corrected chi connectivity index (χ1v) is 6.39. The fourth-order valence-electron chi connectivity index (χ4n) is 1.67. The third-order valence-corrected chi connectivity index (χ3v) is 2.73. The van der Waals surface area contributed by atoms with E-state index in [1.807, 2.05) is 6.92 Å². The average molecular weight is 264 g/mol. The summed E-state index contributed by atoms with van der Waals surface area (Å²) in [5, 5.41) is 0. The second-order valence-corrected chi connectivity index (χ2v) is 4.67. The zero-order valence-electron chi connectivity index (χ0n) is 11.9. The molecular weight excluding hydrogens is 244 g/mol. The van der Waals surface area contributed by atoms with Gasteiger partial charge in [-0.3, -0.25) is 4.79 Å². The van der Waals surface area contributed by atoms with E-state index in [1.54, 1.807) is 39.0 Å². The summed E-state index contributed by atoms with van der Waals surface area (Å²) in [5.41, 5.74) is 0.433. The van der Waals surface area contributed by atoms with Crippen molar-refractivity contribution in [1.82, 2.24) is 0 Å². The number of ether oxygens (including phenoxy) is 2. The molecule has 0 aliphatic rings. The minimum Gasteiger partial charge on any atom is -0.476 e. The molecule has 0 amide bonds. The molecule has 0 aliphatic heterocycles. The summed E-state index contributed by atoms with van der Waals surface area (Å²) in [4.78, 5) is 22.5. The summed E-state index contributed by atoms with van der Waals surface area (Å²) in [5.74, 6) is 0.197. The van der Waals surface area contributed by atoms with Gasteiger partial charge in [-0.2, -0.15) is 0 Å². The molecule has 104 valence electrons. The van der Waals surface area contributed by atoms with Crippen LogP contribution >= 0.6 is 0 Å². The average Bonchev–Trinajstić information content (AvgIpc) is 2.39. The van der Waals surface area contributed by atoms with E-state index in [9.17, 15) is 9.59 Å². The molecule has 0 bridgehead atoms. The molecule has 0 N–H and O–H groups in total. The molecule has 0 aliphatic carbocycles. The molecule has 0 unspecified atom stereocenters. The molecule has 1 aromatic rings. The van der Waals surface area contributed by atoms with Crippen LogP contribution in [0.5, 0.6) is 5.75 Å². The largest absolute Gasteiger partial charge is 0.476 e. The Bertz CT molecular complexity index is 463. The molecule has 0 atom stereocenters. The maximum absolute atomic E-state index is 11.8. The van der Waals surface area contributed by atoms with Gasteiger partial charge in [-0.25, -0.2) is 4.79 Å². The van der Waals surface area contributed by atoms with Gasteiger partial charge in [0.1, 0.15) is 12.0 Å². The van der Waals surface area contributed by atoms with Crippen LogP contribution in [0.2, 0.25) is 0 Å². The van der Waals surface area contributed by atoms with E-state index in [0.717, 1.165) is 18.3 Å². The highest BCUT2D eigenvalue weighted by atomic mass is 16.6. The SMILES string of the molecule is CCOC(=O)C(C)(C)Oc1ccc(C=O)cc1CC. The smallest absolute Gasteiger partial charge is 0.349 e. The predicted octanol–water partition coefficient (Wildman–Crippen LogP) is 2.78. The minimum absolute atomic E-state index is 0.316. The Morgan fingerprint density at radius 1 is 1.32 bits per heavy atom. The van der Waals surface area contributed by atoms with Gasteiger partial charge in [0.15, 0.2) is 5.60 Å². The Kier molecular flexibility index (Phi) is 5.10. The van der Waals surface area contributed by atoms with E-state index in [0.29, 0.717) is 17.9 Å². The molecule has 0 heterocycles. The van der Waals surface area contributed by atoms with Gasteiger partial charge in [-0.05, 0) is 51.0 Å². The van der Waals surface area contributed by atoms with Crippen molar-refractivity contribution in [3.8, 4) is 5.75 Å². The van der Waals surface area contributed by atoms with Gasteiger partial charge >= 0.3 is 5.97 Å². The first-order valence-electron chi connectivity index (χ1n) is 6.39. The van der Waals surface area contributed by atoms with Crippen molar-refractivity contribution < 1.29 is 19.1 Å². The first kappa shape index (κ1) is 15.2. The van der Waals surface area contributed by atoms with Crippen molar-refractivity contribution in [3.63, 3.8) is 0 Å². The van der Waals surface area contributed by atoms with Crippen LogP contribution in [0.1, 0.15) is 43.6 Å². The molecule has 1 rings (SSSR count). The maximum Gasteiger partial charge on any atom is 0.349 e. The van der Waals surface area contributed by atoms with Gasteiger partial charge in [-0.1, -0.05) is 6.92 Å². The van der Waals surface area contributed by atoms with E-state index in [1.165, 1.54) is 0 Å². The van der Waals surface area contributed by atoms with Crippen molar-refractivity contribution in [2.75, 3.05) is 6.61 Å². The van der Waals surface area contributed by atoms with Crippen LogP contribution in [-0.2, 0) is 16.0 Å². The predicted molar refractivity (Wildman–Crippen MR) is 72.5 cm³/mol. The van der Waals surface area contributed by atoms with E-state index >= 15 is 0 Å². The Balaban J connectivity index is 2.98. The molecule has 19 heavy (non-hydrogen) atoms. The topological polar surface area (TPSA) is 52.6 Å². The Morgan fingerprint density at radius 2 is 2.00 bits per heavy atom. The van der Waals surface area contributed by atoms with Gasteiger partial charge < -0.3 is 9.47 Å². The van der Waals surface area contributed by atoms with E-state index < -0.39 is 11.6 Å². The van der Waals surface area contributed by atoms with Crippen LogP contribution in [0.3, 0.4) is 0 Å². The van der Waals surface area contributed by atoms with Crippen molar-refractivity contribution in [2.45, 2.75) is 39.7 Å². The van der Waals surface area contributed by atoms with Gasteiger partial charge in [0.25, 0.3) is 0 Å². The maximum atomic E-state index is 11.8. The van der Waals surface area contributed by atoms with Crippen LogP contribution in [0.25, 0.3) is 0 Å². The number of carbonyl (C=O) groups excluding carboxylic acids is 2. The van der Waals surface area contributed by atoms with Gasteiger partial charge in [-0.15, -0.1) is 0 Å². The normalized spacial score (nSPS) is 10.9. The van der Waals surface area contributed by atoms with Crippen molar-refractivity contribution in [2.24, 2.45) is 0 Å². The number of hydrogen-bond acceptors (Lipinski definition) is 4. The van der Waals surface area contributed by atoms with Crippen molar-refractivity contribution in [1.29, 1.82) is 0 Å². The molecule has 4 nitrogen and oxygen atoms in total. The fourth-order valence-corrected chi connectivity index (χ4v) is 1.67. The summed E-state index contributed by atoms with van der Waals surface area (Å²) >= 11 is 0. The standard InChI is InChI=1S/C15H20O4/c1-5-12-9-11(10-16)7-8-13(12)19-15(3,4)14(17)18-6-2/h7-10H,5-6H2,1-4H3. The van der Waals surface area contributed by atoms with Crippen LogP contribution in [-0.4, -0.2) is 24.5 Å². The number of esters is 1. The Morgan fingerprint density at radius 3 is 2.53 bits per heavy atom. The third kappa shape index (κ3) is 3.81. The molecule has 0 radical (unpaired) electrons. The summed E-state index contributed by atoms with van der Waals surface area (Å²) < 4.78 is 10.7. The lowest BCUT2D eigenvalue weighted by Crippen LogP contribution is -2.40. The van der Waals surface area contributed by atoms with Crippen LogP contribution in [0.4, 0.5) is 0 Å². The second kappa shape index (κ2) is 6.36. The first-order chi connectivity index (χ1) is 8.94. The highest BCUT2D eigenvalue weighted by Crippen LogP contribution is 2.25. The molecule has 1 aromatic carbocycles. The zero-order chi connectivity index (χ0) is 14.5. The highest BCUT2D eigenvalue weighted by molar-refractivity contribution is 5.79. The van der Waals surface area contributed by atoms with E-state index in [4.69, 9.17) is 9.47 Å². The lowest BCUT2D eigenvalue weighted by molar-refractivity contribution is -0.158. The molecule has 0 saturated carbocycles. The quantitative estimate of drug-likeness (QED) is 0.585. The molecule has 0 spiro atoms. The highest BCUT2D eigenvalue weighted by Gasteiger charge is 2.32.